The maximum atomic E-state index is 12.0. The molecule has 2 amide bonds. The van der Waals surface area contributed by atoms with Gasteiger partial charge in [-0.2, -0.15) is 5.10 Å². The summed E-state index contributed by atoms with van der Waals surface area (Å²) >= 11 is 0. The minimum atomic E-state index is -0.604. The zero-order valence-electron chi connectivity index (χ0n) is 15.0. The molecule has 2 aromatic rings. The Labute approximate surface area is 153 Å². The summed E-state index contributed by atoms with van der Waals surface area (Å²) in [6.07, 6.45) is 7.45. The molecule has 0 radical (unpaired) electrons. The lowest BCUT2D eigenvalue weighted by atomic mass is 10.2. The number of methoxy groups -OCH3 is 1. The molecule has 1 atom stereocenters. The molecular weight excluding hydrogens is 332 g/mol. The lowest BCUT2D eigenvalue weighted by molar-refractivity contribution is -0.126. The van der Waals surface area contributed by atoms with Crippen LogP contribution in [0.25, 0.3) is 6.08 Å². The van der Waals surface area contributed by atoms with Crippen molar-refractivity contribution in [3.8, 4) is 5.75 Å². The zero-order valence-corrected chi connectivity index (χ0v) is 15.0. The minimum absolute atomic E-state index is 0.211. The van der Waals surface area contributed by atoms with Crippen LogP contribution in [0.1, 0.15) is 18.9 Å². The van der Waals surface area contributed by atoms with Crippen molar-refractivity contribution in [2.24, 2.45) is 0 Å². The van der Waals surface area contributed by atoms with Crippen molar-refractivity contribution in [1.82, 2.24) is 20.4 Å². The summed E-state index contributed by atoms with van der Waals surface area (Å²) in [5.41, 5.74) is 0.872. The van der Waals surface area contributed by atoms with Crippen LogP contribution < -0.4 is 15.4 Å². The van der Waals surface area contributed by atoms with Gasteiger partial charge in [-0.15, -0.1) is 0 Å². The number of rotatable bonds is 9. The first-order valence-corrected chi connectivity index (χ1v) is 8.46. The second-order valence-corrected chi connectivity index (χ2v) is 5.75. The van der Waals surface area contributed by atoms with Crippen LogP contribution in [0.5, 0.6) is 5.75 Å². The fourth-order valence-corrected chi connectivity index (χ4v) is 2.25. The van der Waals surface area contributed by atoms with Crippen LogP contribution in [-0.2, 0) is 16.1 Å². The minimum Gasteiger partial charge on any atom is -0.497 e. The topological polar surface area (TPSA) is 85.2 Å². The summed E-state index contributed by atoms with van der Waals surface area (Å²) in [5, 5.41) is 9.55. The van der Waals surface area contributed by atoms with Gasteiger partial charge < -0.3 is 15.4 Å². The van der Waals surface area contributed by atoms with E-state index in [2.05, 4.69) is 15.7 Å². The Morgan fingerprint density at radius 2 is 2.08 bits per heavy atom. The Bertz CT molecular complexity index is 724. The molecule has 26 heavy (non-hydrogen) atoms. The second-order valence-electron chi connectivity index (χ2n) is 5.75. The summed E-state index contributed by atoms with van der Waals surface area (Å²) < 4.78 is 6.89. The van der Waals surface area contributed by atoms with Gasteiger partial charge in [-0.25, -0.2) is 0 Å². The number of nitrogens with zero attached hydrogens (tertiary/aromatic N) is 2. The summed E-state index contributed by atoms with van der Waals surface area (Å²) in [4.78, 5) is 23.9. The summed E-state index contributed by atoms with van der Waals surface area (Å²) in [7, 11) is 1.60. The first-order valence-electron chi connectivity index (χ1n) is 8.46. The van der Waals surface area contributed by atoms with Crippen LogP contribution in [-0.4, -0.2) is 41.3 Å². The SMILES string of the molecule is COc1ccc(C=CC(=O)NC(C)C(=O)NCCCn2cccn2)cc1. The number of benzene rings is 1. The molecule has 0 aliphatic carbocycles. The van der Waals surface area contributed by atoms with Crippen molar-refractivity contribution < 1.29 is 14.3 Å². The van der Waals surface area contributed by atoms with Gasteiger partial charge >= 0.3 is 0 Å². The Morgan fingerprint density at radius 1 is 1.31 bits per heavy atom. The Hall–Kier alpha value is -3.09. The third-order valence-electron chi connectivity index (χ3n) is 3.72. The predicted octanol–water partition coefficient (Wildman–Crippen LogP) is 1.62. The maximum absolute atomic E-state index is 12.0. The van der Waals surface area contributed by atoms with Crippen molar-refractivity contribution in [3.63, 3.8) is 0 Å². The van der Waals surface area contributed by atoms with Crippen molar-refractivity contribution in [2.75, 3.05) is 13.7 Å². The van der Waals surface area contributed by atoms with E-state index in [0.717, 1.165) is 24.3 Å². The molecule has 0 aliphatic heterocycles. The highest BCUT2D eigenvalue weighted by Gasteiger charge is 2.13. The van der Waals surface area contributed by atoms with Crippen molar-refractivity contribution >= 4 is 17.9 Å². The normalized spacial score (nSPS) is 11.9. The lowest BCUT2D eigenvalue weighted by Gasteiger charge is -2.13. The summed E-state index contributed by atoms with van der Waals surface area (Å²) in [6.45, 7) is 2.92. The molecule has 7 heteroatoms. The van der Waals surface area contributed by atoms with E-state index in [-0.39, 0.29) is 11.8 Å². The standard InChI is InChI=1S/C19H24N4O3/c1-15(19(25)20-11-3-13-23-14-4-12-21-23)22-18(24)10-7-16-5-8-17(26-2)9-6-16/h4-10,12,14-15H,3,11,13H2,1-2H3,(H,20,25)(H,22,24). The van der Waals surface area contributed by atoms with Crippen molar-refractivity contribution in [2.45, 2.75) is 25.9 Å². The summed E-state index contributed by atoms with van der Waals surface area (Å²) in [5.74, 6) is 0.223. The number of aromatic nitrogens is 2. The Morgan fingerprint density at radius 3 is 2.73 bits per heavy atom. The van der Waals surface area contributed by atoms with E-state index in [1.54, 1.807) is 31.0 Å². The maximum Gasteiger partial charge on any atom is 0.244 e. The molecule has 2 N–H and O–H groups in total. The highest BCUT2D eigenvalue weighted by atomic mass is 16.5. The number of nitrogens with one attached hydrogen (secondary N) is 2. The van der Waals surface area contributed by atoms with E-state index >= 15 is 0 Å². The van der Waals surface area contributed by atoms with Crippen LogP contribution >= 0.6 is 0 Å². The number of aryl methyl sites for hydroxylation is 1. The van der Waals surface area contributed by atoms with Crippen LogP contribution in [0, 0.1) is 0 Å². The van der Waals surface area contributed by atoms with E-state index in [1.807, 2.05) is 36.5 Å². The molecule has 0 fully saturated rings. The first-order chi connectivity index (χ1) is 12.6. The van der Waals surface area contributed by atoms with E-state index < -0.39 is 6.04 Å². The first kappa shape index (κ1) is 19.2. The molecule has 1 heterocycles. The molecule has 0 aliphatic rings. The third kappa shape index (κ3) is 6.43. The number of hydrogen-bond acceptors (Lipinski definition) is 4. The van der Waals surface area contributed by atoms with Gasteiger partial charge in [-0.05, 0) is 43.2 Å². The second kappa shape index (κ2) is 10.0. The van der Waals surface area contributed by atoms with Crippen LogP contribution in [0.3, 0.4) is 0 Å². The largest absolute Gasteiger partial charge is 0.497 e. The van der Waals surface area contributed by atoms with E-state index in [1.165, 1.54) is 6.08 Å². The number of ether oxygens (including phenoxy) is 1. The molecular formula is C19H24N4O3. The average Bonchev–Trinajstić information content (AvgIpc) is 3.17. The van der Waals surface area contributed by atoms with Crippen LogP contribution in [0.15, 0.2) is 48.8 Å². The number of amides is 2. The van der Waals surface area contributed by atoms with Crippen LogP contribution in [0.4, 0.5) is 0 Å². The molecule has 138 valence electrons. The molecule has 0 saturated heterocycles. The highest BCUT2D eigenvalue weighted by Crippen LogP contribution is 2.12. The van der Waals surface area contributed by atoms with Crippen molar-refractivity contribution in [3.05, 3.63) is 54.4 Å². The monoisotopic (exact) mass is 356 g/mol. The number of hydrogen-bond donors (Lipinski definition) is 2. The van der Waals surface area contributed by atoms with Gasteiger partial charge in [0, 0.05) is 31.6 Å². The van der Waals surface area contributed by atoms with Gasteiger partial charge in [-0.3, -0.25) is 14.3 Å². The van der Waals surface area contributed by atoms with Gasteiger partial charge in [0.2, 0.25) is 11.8 Å². The molecule has 7 nitrogen and oxygen atoms in total. The third-order valence-corrected chi connectivity index (χ3v) is 3.72. The van der Waals surface area contributed by atoms with E-state index in [4.69, 9.17) is 4.74 Å². The van der Waals surface area contributed by atoms with E-state index in [9.17, 15) is 9.59 Å². The summed E-state index contributed by atoms with van der Waals surface area (Å²) in [6, 6.07) is 8.58. The van der Waals surface area contributed by atoms with Gasteiger partial charge in [-0.1, -0.05) is 12.1 Å². The van der Waals surface area contributed by atoms with Gasteiger partial charge in [0.1, 0.15) is 11.8 Å². The Kier molecular flexibility index (Phi) is 7.42. The number of carbonyl (C=O) groups excluding carboxylic acids is 2. The molecule has 2 rings (SSSR count). The van der Waals surface area contributed by atoms with Crippen molar-refractivity contribution in [1.29, 1.82) is 0 Å². The smallest absolute Gasteiger partial charge is 0.244 e. The van der Waals surface area contributed by atoms with Crippen LogP contribution in [0.2, 0.25) is 0 Å². The average molecular weight is 356 g/mol. The highest BCUT2D eigenvalue weighted by molar-refractivity contribution is 5.95. The number of carbonyl (C=O) groups is 2. The molecule has 0 spiro atoms. The predicted molar refractivity (Wildman–Crippen MR) is 99.5 cm³/mol. The molecule has 0 bridgehead atoms. The molecule has 0 saturated carbocycles. The Balaban J connectivity index is 1.69. The van der Waals surface area contributed by atoms with E-state index in [0.29, 0.717) is 6.54 Å². The van der Waals surface area contributed by atoms with Gasteiger partial charge in [0.15, 0.2) is 0 Å². The fourth-order valence-electron chi connectivity index (χ4n) is 2.25. The van der Waals surface area contributed by atoms with Gasteiger partial charge in [0.05, 0.1) is 7.11 Å². The molecule has 1 unspecified atom stereocenters. The molecule has 1 aromatic carbocycles. The zero-order chi connectivity index (χ0) is 18.8. The quantitative estimate of drug-likeness (QED) is 0.528. The lowest BCUT2D eigenvalue weighted by Crippen LogP contribution is -2.44. The fraction of sp³-hybridized carbons (Fsp3) is 0.316. The molecule has 1 aromatic heterocycles. The van der Waals surface area contributed by atoms with Gasteiger partial charge in [0.25, 0.3) is 0 Å².